The second-order valence-electron chi connectivity index (χ2n) is 3.59. The van der Waals surface area contributed by atoms with Crippen LogP contribution in [0.4, 0.5) is 13.2 Å². The number of rotatable bonds is 2. The van der Waals surface area contributed by atoms with Gasteiger partial charge < -0.3 is 4.74 Å². The SMILES string of the molecule is N#C[C@H]1[C@@H]2C=C[C@@H](OCC(F)(F)F)[C@H]12. The van der Waals surface area contributed by atoms with E-state index in [0.29, 0.717) is 0 Å². The molecule has 14 heavy (non-hydrogen) atoms. The fourth-order valence-electron chi connectivity index (χ4n) is 1.93. The maximum absolute atomic E-state index is 11.8. The van der Waals surface area contributed by atoms with Crippen molar-refractivity contribution in [3.63, 3.8) is 0 Å². The fraction of sp³-hybridized carbons (Fsp3) is 0.667. The monoisotopic (exact) mass is 203 g/mol. The van der Waals surface area contributed by atoms with Crippen LogP contribution in [0.5, 0.6) is 0 Å². The molecule has 0 amide bonds. The first-order valence-corrected chi connectivity index (χ1v) is 4.29. The molecule has 76 valence electrons. The van der Waals surface area contributed by atoms with Crippen LogP contribution >= 0.6 is 0 Å². The highest BCUT2D eigenvalue weighted by molar-refractivity contribution is 5.27. The number of alkyl halides is 3. The summed E-state index contributed by atoms with van der Waals surface area (Å²) in [6.45, 7) is -1.23. The minimum absolute atomic E-state index is 0.0395. The lowest BCUT2D eigenvalue weighted by Crippen LogP contribution is -2.23. The van der Waals surface area contributed by atoms with Gasteiger partial charge >= 0.3 is 6.18 Å². The summed E-state index contributed by atoms with van der Waals surface area (Å²) in [6.07, 6.45) is -1.41. The lowest BCUT2D eigenvalue weighted by Gasteiger charge is -2.13. The standard InChI is InChI=1S/C9H8F3NO/c10-9(11,12)4-14-7-2-1-5-6(3-13)8(5)7/h1-2,5-8H,4H2/t5-,6-,7+,8-/m0/s1. The highest BCUT2D eigenvalue weighted by Crippen LogP contribution is 2.54. The summed E-state index contributed by atoms with van der Waals surface area (Å²) in [4.78, 5) is 0. The third-order valence-corrected chi connectivity index (χ3v) is 2.62. The van der Waals surface area contributed by atoms with Gasteiger partial charge in [-0.1, -0.05) is 12.2 Å². The van der Waals surface area contributed by atoms with Crippen LogP contribution in [0.3, 0.4) is 0 Å². The number of hydrogen-bond acceptors (Lipinski definition) is 2. The van der Waals surface area contributed by atoms with Crippen LogP contribution in [-0.4, -0.2) is 18.9 Å². The van der Waals surface area contributed by atoms with Gasteiger partial charge in [0, 0.05) is 5.92 Å². The molecule has 2 aliphatic rings. The normalized spacial score (nSPS) is 39.3. The number of allylic oxidation sites excluding steroid dienone is 1. The molecule has 0 aliphatic heterocycles. The maximum atomic E-state index is 11.8. The van der Waals surface area contributed by atoms with Gasteiger partial charge in [-0.15, -0.1) is 0 Å². The zero-order valence-corrected chi connectivity index (χ0v) is 7.16. The number of fused-ring (bicyclic) bond motifs is 1. The Labute approximate surface area is 79.0 Å². The lowest BCUT2D eigenvalue weighted by atomic mass is 10.2. The van der Waals surface area contributed by atoms with Crippen molar-refractivity contribution in [2.24, 2.45) is 17.8 Å². The molecular weight excluding hydrogens is 195 g/mol. The quantitative estimate of drug-likeness (QED) is 0.642. The molecular formula is C9H8F3NO. The van der Waals surface area contributed by atoms with Crippen LogP contribution in [0, 0.1) is 29.1 Å². The van der Waals surface area contributed by atoms with Gasteiger partial charge in [-0.2, -0.15) is 18.4 Å². The lowest BCUT2D eigenvalue weighted by molar-refractivity contribution is -0.182. The van der Waals surface area contributed by atoms with E-state index in [0.717, 1.165) is 0 Å². The van der Waals surface area contributed by atoms with E-state index >= 15 is 0 Å². The Kier molecular flexibility index (Phi) is 2.04. The van der Waals surface area contributed by atoms with E-state index in [-0.39, 0.29) is 17.8 Å². The van der Waals surface area contributed by atoms with Crippen LogP contribution in [0.25, 0.3) is 0 Å². The van der Waals surface area contributed by atoms with E-state index in [1.54, 1.807) is 12.2 Å². The third kappa shape index (κ3) is 1.62. The molecule has 5 heteroatoms. The molecule has 2 nitrogen and oxygen atoms in total. The summed E-state index contributed by atoms with van der Waals surface area (Å²) < 4.78 is 40.1. The molecule has 0 aromatic heterocycles. The zero-order valence-electron chi connectivity index (χ0n) is 7.16. The van der Waals surface area contributed by atoms with Crippen molar-refractivity contribution >= 4 is 0 Å². The molecule has 1 fully saturated rings. The molecule has 0 heterocycles. The Morgan fingerprint density at radius 3 is 2.57 bits per heavy atom. The van der Waals surface area contributed by atoms with Gasteiger partial charge in [-0.25, -0.2) is 0 Å². The summed E-state index contributed by atoms with van der Waals surface area (Å²) in [7, 11) is 0. The maximum Gasteiger partial charge on any atom is 0.411 e. The highest BCUT2D eigenvalue weighted by atomic mass is 19.4. The molecule has 0 unspecified atom stereocenters. The van der Waals surface area contributed by atoms with Crippen molar-refractivity contribution in [3.05, 3.63) is 12.2 Å². The van der Waals surface area contributed by atoms with Crippen LogP contribution < -0.4 is 0 Å². The van der Waals surface area contributed by atoms with Crippen molar-refractivity contribution in [2.45, 2.75) is 12.3 Å². The summed E-state index contributed by atoms with van der Waals surface area (Å²) in [5.74, 6) is -0.0567. The zero-order chi connectivity index (χ0) is 10.3. The predicted octanol–water partition coefficient (Wildman–Crippen LogP) is 1.89. The van der Waals surface area contributed by atoms with Gasteiger partial charge in [-0.05, 0) is 5.92 Å². The van der Waals surface area contributed by atoms with Gasteiger partial charge in [0.25, 0.3) is 0 Å². The van der Waals surface area contributed by atoms with Crippen molar-refractivity contribution in [2.75, 3.05) is 6.61 Å². The van der Waals surface area contributed by atoms with Crippen molar-refractivity contribution in [1.82, 2.24) is 0 Å². The molecule has 2 aliphatic carbocycles. The topological polar surface area (TPSA) is 33.0 Å². The second kappa shape index (κ2) is 2.99. The molecule has 4 atom stereocenters. The van der Waals surface area contributed by atoms with Crippen molar-refractivity contribution in [3.8, 4) is 6.07 Å². The molecule has 0 N–H and O–H groups in total. The third-order valence-electron chi connectivity index (χ3n) is 2.62. The fourth-order valence-corrected chi connectivity index (χ4v) is 1.93. The summed E-state index contributed by atoms with van der Waals surface area (Å²) in [5.41, 5.74) is 0. The van der Waals surface area contributed by atoms with Gasteiger partial charge in [0.05, 0.1) is 18.1 Å². The first-order chi connectivity index (χ1) is 6.53. The molecule has 0 saturated heterocycles. The number of nitriles is 1. The van der Waals surface area contributed by atoms with E-state index in [2.05, 4.69) is 6.07 Å². The Hall–Kier alpha value is -1.02. The molecule has 0 radical (unpaired) electrons. The Morgan fingerprint density at radius 1 is 1.36 bits per heavy atom. The molecule has 0 bridgehead atoms. The van der Waals surface area contributed by atoms with Crippen molar-refractivity contribution in [1.29, 1.82) is 5.26 Å². The molecule has 0 aromatic rings. The van der Waals surface area contributed by atoms with E-state index in [4.69, 9.17) is 10.00 Å². The van der Waals surface area contributed by atoms with Crippen LogP contribution in [-0.2, 0) is 4.74 Å². The van der Waals surface area contributed by atoms with Gasteiger partial charge in [0.1, 0.15) is 6.61 Å². The van der Waals surface area contributed by atoms with Gasteiger partial charge in [-0.3, -0.25) is 0 Å². The minimum atomic E-state index is -4.29. The van der Waals surface area contributed by atoms with E-state index in [9.17, 15) is 13.2 Å². The Morgan fingerprint density at radius 2 is 2.07 bits per heavy atom. The highest BCUT2D eigenvalue weighted by Gasteiger charge is 2.56. The number of halogens is 3. The first-order valence-electron chi connectivity index (χ1n) is 4.29. The smallest absolute Gasteiger partial charge is 0.364 e. The molecule has 0 spiro atoms. The first kappa shape index (κ1) is 9.53. The number of hydrogen-bond donors (Lipinski definition) is 0. The van der Waals surface area contributed by atoms with Crippen molar-refractivity contribution < 1.29 is 17.9 Å². The van der Waals surface area contributed by atoms with Crippen LogP contribution in [0.15, 0.2) is 12.2 Å². The molecule has 1 saturated carbocycles. The average molecular weight is 203 g/mol. The second-order valence-corrected chi connectivity index (χ2v) is 3.59. The van der Waals surface area contributed by atoms with E-state index in [1.807, 2.05) is 0 Å². The Bertz CT molecular complexity index is 304. The van der Waals surface area contributed by atoms with E-state index in [1.165, 1.54) is 0 Å². The minimum Gasteiger partial charge on any atom is -0.364 e. The van der Waals surface area contributed by atoms with E-state index < -0.39 is 18.9 Å². The summed E-state index contributed by atoms with van der Waals surface area (Å²) in [6, 6.07) is 2.06. The predicted molar refractivity (Wildman–Crippen MR) is 41.0 cm³/mol. The van der Waals surface area contributed by atoms with Crippen LogP contribution in [0.1, 0.15) is 0 Å². The summed E-state index contributed by atoms with van der Waals surface area (Å²) >= 11 is 0. The van der Waals surface area contributed by atoms with Crippen LogP contribution in [0.2, 0.25) is 0 Å². The number of ether oxygens (including phenoxy) is 1. The average Bonchev–Trinajstić information content (AvgIpc) is 2.63. The summed E-state index contributed by atoms with van der Waals surface area (Å²) in [5, 5.41) is 8.60. The molecule has 0 aromatic carbocycles. The number of nitrogens with zero attached hydrogens (tertiary/aromatic N) is 1. The largest absolute Gasteiger partial charge is 0.411 e. The molecule has 2 rings (SSSR count). The Balaban J connectivity index is 1.85. The van der Waals surface area contributed by atoms with Gasteiger partial charge in [0.2, 0.25) is 0 Å². The van der Waals surface area contributed by atoms with Gasteiger partial charge in [0.15, 0.2) is 0 Å².